The van der Waals surface area contributed by atoms with Crippen LogP contribution in [-0.2, 0) is 0 Å². The van der Waals surface area contributed by atoms with E-state index < -0.39 is 11.6 Å². The molecule has 3 nitrogen and oxygen atoms in total. The Morgan fingerprint density at radius 1 is 1.12 bits per heavy atom. The second-order valence-corrected chi connectivity index (χ2v) is 6.73. The molecule has 0 radical (unpaired) electrons. The number of carbonyl (C=O) groups is 1. The van der Waals surface area contributed by atoms with Crippen LogP contribution in [0.15, 0.2) is 24.3 Å². The minimum absolute atomic E-state index is 0.147. The molecule has 2 aromatic rings. The molecule has 25 heavy (non-hydrogen) atoms. The molecular weight excluding hydrogens is 324 g/mol. The van der Waals surface area contributed by atoms with Crippen molar-refractivity contribution in [3.05, 3.63) is 52.9 Å². The van der Waals surface area contributed by atoms with Crippen LogP contribution in [0.1, 0.15) is 59.9 Å². The first-order chi connectivity index (χ1) is 12.0. The number of ether oxygens (including phenoxy) is 1. The van der Waals surface area contributed by atoms with Gasteiger partial charge in [-0.3, -0.25) is 4.79 Å². The molecule has 1 fully saturated rings. The Hall–Kier alpha value is -2.17. The topological polar surface area (TPSA) is 31.2 Å². The lowest BCUT2D eigenvalue weighted by Gasteiger charge is -2.26. The third-order valence-corrected chi connectivity index (χ3v) is 4.99. The molecule has 0 amide bonds. The van der Waals surface area contributed by atoms with Gasteiger partial charge < -0.3 is 9.30 Å². The summed E-state index contributed by atoms with van der Waals surface area (Å²) in [5.41, 5.74) is 2.69. The Labute approximate surface area is 146 Å². The molecule has 0 unspecified atom stereocenters. The Bertz CT molecular complexity index is 776. The number of halogens is 2. The fourth-order valence-corrected chi connectivity index (χ4v) is 3.75. The number of nitrogens with zero attached hydrogens (tertiary/aromatic N) is 1. The quantitative estimate of drug-likeness (QED) is 0.701. The van der Waals surface area contributed by atoms with Crippen LogP contribution in [0.5, 0.6) is 5.75 Å². The van der Waals surface area contributed by atoms with Gasteiger partial charge in [-0.2, -0.15) is 0 Å². The minimum Gasteiger partial charge on any atom is -0.485 e. The van der Waals surface area contributed by atoms with E-state index in [0.29, 0.717) is 11.6 Å². The maximum Gasteiger partial charge on any atom is 0.202 e. The molecule has 1 heterocycles. The molecule has 134 valence electrons. The van der Waals surface area contributed by atoms with E-state index in [9.17, 15) is 13.6 Å². The summed E-state index contributed by atoms with van der Waals surface area (Å²) in [7, 11) is 0. The SMILES string of the molecule is Cc1cc(C(=O)COc2ccc(F)c(F)c2)c(C)n1C1CCCCC1. The normalized spacial score (nSPS) is 15.4. The summed E-state index contributed by atoms with van der Waals surface area (Å²) in [5, 5.41) is 0. The number of hydrogen-bond acceptors (Lipinski definition) is 2. The van der Waals surface area contributed by atoms with E-state index in [0.717, 1.165) is 36.4 Å². The standard InChI is InChI=1S/C20H23F2NO2/c1-13-10-17(14(2)23(13)15-6-4-3-5-7-15)20(24)12-25-16-8-9-18(21)19(22)11-16/h8-11,15H,3-7,12H2,1-2H3. The molecule has 1 aromatic heterocycles. The average molecular weight is 347 g/mol. The zero-order valence-corrected chi connectivity index (χ0v) is 14.6. The maximum absolute atomic E-state index is 13.2. The Morgan fingerprint density at radius 3 is 2.52 bits per heavy atom. The van der Waals surface area contributed by atoms with Gasteiger partial charge in [0.05, 0.1) is 0 Å². The number of hydrogen-bond donors (Lipinski definition) is 0. The van der Waals surface area contributed by atoms with Crippen LogP contribution in [0.2, 0.25) is 0 Å². The lowest BCUT2D eigenvalue weighted by atomic mass is 9.95. The molecule has 3 rings (SSSR count). The minimum atomic E-state index is -0.986. The maximum atomic E-state index is 13.2. The first-order valence-corrected chi connectivity index (χ1v) is 8.77. The van der Waals surface area contributed by atoms with Crippen molar-refractivity contribution in [1.29, 1.82) is 0 Å². The highest BCUT2D eigenvalue weighted by atomic mass is 19.2. The molecule has 1 aromatic carbocycles. The second kappa shape index (κ2) is 7.38. The summed E-state index contributed by atoms with van der Waals surface area (Å²) in [4.78, 5) is 12.5. The van der Waals surface area contributed by atoms with Crippen LogP contribution in [-0.4, -0.2) is 17.0 Å². The van der Waals surface area contributed by atoms with E-state index in [1.807, 2.05) is 19.9 Å². The summed E-state index contributed by atoms with van der Waals surface area (Å²) < 4.78 is 33.8. The summed E-state index contributed by atoms with van der Waals surface area (Å²) >= 11 is 0. The number of rotatable bonds is 5. The van der Waals surface area contributed by atoms with Crippen molar-refractivity contribution >= 4 is 5.78 Å². The summed E-state index contributed by atoms with van der Waals surface area (Å²) in [5.74, 6) is -1.93. The Balaban J connectivity index is 1.72. The highest BCUT2D eigenvalue weighted by molar-refractivity contribution is 5.98. The lowest BCUT2D eigenvalue weighted by molar-refractivity contribution is 0.0920. The monoisotopic (exact) mass is 347 g/mol. The molecule has 1 saturated carbocycles. The van der Waals surface area contributed by atoms with Crippen LogP contribution in [0.4, 0.5) is 8.78 Å². The van der Waals surface area contributed by atoms with Crippen molar-refractivity contribution < 1.29 is 18.3 Å². The van der Waals surface area contributed by atoms with Crippen LogP contribution in [0.25, 0.3) is 0 Å². The molecule has 5 heteroatoms. The molecule has 0 N–H and O–H groups in total. The smallest absolute Gasteiger partial charge is 0.202 e. The van der Waals surface area contributed by atoms with Gasteiger partial charge in [0.15, 0.2) is 18.2 Å². The number of carbonyl (C=O) groups excluding carboxylic acids is 1. The predicted octanol–water partition coefficient (Wildman–Crippen LogP) is 5.15. The van der Waals surface area contributed by atoms with Gasteiger partial charge in [0.1, 0.15) is 5.75 Å². The third-order valence-electron chi connectivity index (χ3n) is 4.99. The Kier molecular flexibility index (Phi) is 5.21. The molecular formula is C20H23F2NO2. The van der Waals surface area contributed by atoms with Crippen molar-refractivity contribution in [1.82, 2.24) is 4.57 Å². The van der Waals surface area contributed by atoms with Crippen molar-refractivity contribution in [2.75, 3.05) is 6.61 Å². The van der Waals surface area contributed by atoms with Gasteiger partial charge in [-0.25, -0.2) is 8.78 Å². The van der Waals surface area contributed by atoms with Gasteiger partial charge in [-0.05, 0) is 44.9 Å². The van der Waals surface area contributed by atoms with E-state index in [4.69, 9.17) is 4.74 Å². The van der Waals surface area contributed by atoms with Crippen molar-refractivity contribution in [3.8, 4) is 5.75 Å². The van der Waals surface area contributed by atoms with Crippen LogP contribution < -0.4 is 4.74 Å². The molecule has 0 bridgehead atoms. The van der Waals surface area contributed by atoms with E-state index in [1.54, 1.807) is 0 Å². The first-order valence-electron chi connectivity index (χ1n) is 8.77. The van der Waals surface area contributed by atoms with Gasteiger partial charge in [-0.15, -0.1) is 0 Å². The van der Waals surface area contributed by atoms with Gasteiger partial charge >= 0.3 is 0 Å². The van der Waals surface area contributed by atoms with E-state index in [-0.39, 0.29) is 18.1 Å². The van der Waals surface area contributed by atoms with Gasteiger partial charge in [0.2, 0.25) is 5.78 Å². The summed E-state index contributed by atoms with van der Waals surface area (Å²) in [6, 6.07) is 5.62. The lowest BCUT2D eigenvalue weighted by Crippen LogP contribution is -2.17. The molecule has 1 aliphatic rings. The van der Waals surface area contributed by atoms with Gasteiger partial charge in [0, 0.05) is 29.1 Å². The van der Waals surface area contributed by atoms with E-state index in [1.165, 1.54) is 25.3 Å². The number of ketones is 1. The van der Waals surface area contributed by atoms with E-state index in [2.05, 4.69) is 4.57 Å². The van der Waals surface area contributed by atoms with Crippen molar-refractivity contribution in [2.24, 2.45) is 0 Å². The summed E-state index contributed by atoms with van der Waals surface area (Å²) in [6.07, 6.45) is 6.03. The molecule has 0 saturated heterocycles. The second-order valence-electron chi connectivity index (χ2n) is 6.73. The van der Waals surface area contributed by atoms with Gasteiger partial charge in [-0.1, -0.05) is 19.3 Å². The highest BCUT2D eigenvalue weighted by Crippen LogP contribution is 2.32. The number of Topliss-reactive ketones (excluding diaryl/α,β-unsaturated/α-hetero) is 1. The highest BCUT2D eigenvalue weighted by Gasteiger charge is 2.22. The zero-order chi connectivity index (χ0) is 18.0. The third kappa shape index (κ3) is 3.75. The van der Waals surface area contributed by atoms with E-state index >= 15 is 0 Å². The van der Waals surface area contributed by atoms with Crippen LogP contribution in [0, 0.1) is 25.5 Å². The first kappa shape index (κ1) is 17.6. The van der Waals surface area contributed by atoms with Crippen molar-refractivity contribution in [2.45, 2.75) is 52.0 Å². The Morgan fingerprint density at radius 2 is 1.84 bits per heavy atom. The van der Waals surface area contributed by atoms with Crippen molar-refractivity contribution in [3.63, 3.8) is 0 Å². The zero-order valence-electron chi connectivity index (χ0n) is 14.6. The fraction of sp³-hybridized carbons (Fsp3) is 0.450. The number of aromatic nitrogens is 1. The molecule has 0 atom stereocenters. The summed E-state index contributed by atoms with van der Waals surface area (Å²) in [6.45, 7) is 3.79. The van der Waals surface area contributed by atoms with Gasteiger partial charge in [0.25, 0.3) is 0 Å². The van der Waals surface area contributed by atoms with Crippen LogP contribution >= 0.6 is 0 Å². The molecule has 1 aliphatic carbocycles. The molecule has 0 spiro atoms. The average Bonchev–Trinajstić information content (AvgIpc) is 2.91. The molecule has 0 aliphatic heterocycles. The number of aryl methyl sites for hydroxylation is 1. The largest absolute Gasteiger partial charge is 0.485 e. The number of benzene rings is 1. The predicted molar refractivity (Wildman–Crippen MR) is 92.2 cm³/mol. The fourth-order valence-electron chi connectivity index (χ4n) is 3.75. The van der Waals surface area contributed by atoms with Crippen LogP contribution in [0.3, 0.4) is 0 Å².